The summed E-state index contributed by atoms with van der Waals surface area (Å²) in [6, 6.07) is 6.60. The van der Waals surface area contributed by atoms with Crippen molar-refractivity contribution in [2.24, 2.45) is 11.8 Å². The van der Waals surface area contributed by atoms with Crippen LogP contribution in [0.2, 0.25) is 0 Å². The van der Waals surface area contributed by atoms with Crippen molar-refractivity contribution in [3.63, 3.8) is 0 Å². The number of hydrogen-bond donors (Lipinski definition) is 2. The number of hydrogen-bond acceptors (Lipinski definition) is 4. The standard InChI is InChI=1S/C18H27NO3/c1-5-18(11-6-7-15(21-3)16(10-11)22-4)12-8-13(14(20)9-12)17(18)19-2/h6-7,10,12-14,17,19-20H,5,8-9H2,1-4H3/t12-,13?,14?,17?,18+/m1/s1. The maximum Gasteiger partial charge on any atom is 0.161 e. The lowest BCUT2D eigenvalue weighted by atomic mass is 9.63. The normalized spacial score (nSPS) is 36.6. The van der Waals surface area contributed by atoms with Gasteiger partial charge in [-0.3, -0.25) is 0 Å². The zero-order valence-corrected chi connectivity index (χ0v) is 13.9. The van der Waals surface area contributed by atoms with Gasteiger partial charge < -0.3 is 19.9 Å². The summed E-state index contributed by atoms with van der Waals surface area (Å²) in [5, 5.41) is 13.8. The predicted molar refractivity (Wildman–Crippen MR) is 86.6 cm³/mol. The molecule has 0 aliphatic heterocycles. The van der Waals surface area contributed by atoms with Crippen molar-refractivity contribution in [1.29, 1.82) is 0 Å². The van der Waals surface area contributed by atoms with Crippen molar-refractivity contribution < 1.29 is 14.6 Å². The number of fused-ring (bicyclic) bond motifs is 2. The van der Waals surface area contributed by atoms with E-state index in [4.69, 9.17) is 9.47 Å². The minimum Gasteiger partial charge on any atom is -0.493 e. The Balaban J connectivity index is 2.07. The molecular weight excluding hydrogens is 278 g/mol. The first-order valence-electron chi connectivity index (χ1n) is 8.20. The van der Waals surface area contributed by atoms with Gasteiger partial charge >= 0.3 is 0 Å². The Hall–Kier alpha value is -1.26. The number of benzene rings is 1. The fourth-order valence-electron chi connectivity index (χ4n) is 5.19. The van der Waals surface area contributed by atoms with Crippen LogP contribution < -0.4 is 14.8 Å². The molecule has 0 spiro atoms. The van der Waals surface area contributed by atoms with Crippen molar-refractivity contribution in [1.82, 2.24) is 5.32 Å². The second-order valence-electron chi connectivity index (χ2n) is 6.63. The molecule has 4 heteroatoms. The summed E-state index contributed by atoms with van der Waals surface area (Å²) in [6.45, 7) is 2.26. The van der Waals surface area contributed by atoms with Crippen LogP contribution in [0.3, 0.4) is 0 Å². The molecule has 2 fully saturated rings. The number of methoxy groups -OCH3 is 2. The monoisotopic (exact) mass is 305 g/mol. The van der Waals surface area contributed by atoms with Crippen molar-refractivity contribution in [3.8, 4) is 11.5 Å². The highest BCUT2D eigenvalue weighted by Gasteiger charge is 2.60. The number of likely N-dealkylation sites (N-methyl/N-ethyl adjacent to an activating group) is 1. The van der Waals surface area contributed by atoms with Gasteiger partial charge in [-0.25, -0.2) is 0 Å². The molecule has 0 saturated heterocycles. The molecule has 122 valence electrons. The molecular formula is C18H27NO3. The molecule has 2 bridgehead atoms. The van der Waals surface area contributed by atoms with Gasteiger partial charge in [-0.1, -0.05) is 13.0 Å². The minimum atomic E-state index is -0.165. The lowest BCUT2D eigenvalue weighted by Gasteiger charge is -2.45. The number of rotatable bonds is 5. The van der Waals surface area contributed by atoms with Gasteiger partial charge in [0.25, 0.3) is 0 Å². The molecule has 1 aromatic carbocycles. The summed E-state index contributed by atoms with van der Waals surface area (Å²) < 4.78 is 10.9. The van der Waals surface area contributed by atoms with Gasteiger partial charge in [-0.15, -0.1) is 0 Å². The first kappa shape index (κ1) is 15.6. The third-order valence-electron chi connectivity index (χ3n) is 6.11. The predicted octanol–water partition coefficient (Wildman–Crippen LogP) is 2.34. The van der Waals surface area contributed by atoms with Gasteiger partial charge in [-0.2, -0.15) is 0 Å². The molecule has 3 unspecified atom stereocenters. The Morgan fingerprint density at radius 2 is 1.95 bits per heavy atom. The number of aliphatic hydroxyl groups excluding tert-OH is 1. The van der Waals surface area contributed by atoms with E-state index in [-0.39, 0.29) is 11.5 Å². The molecule has 3 rings (SSSR count). The average Bonchev–Trinajstić information content (AvgIpc) is 3.08. The van der Waals surface area contributed by atoms with Crippen LogP contribution >= 0.6 is 0 Å². The van der Waals surface area contributed by atoms with Crippen LogP contribution in [-0.2, 0) is 5.41 Å². The molecule has 0 aromatic heterocycles. The largest absolute Gasteiger partial charge is 0.493 e. The summed E-state index contributed by atoms with van der Waals surface area (Å²) in [5.74, 6) is 2.42. The fourth-order valence-corrected chi connectivity index (χ4v) is 5.19. The molecule has 2 N–H and O–H groups in total. The van der Waals surface area contributed by atoms with Gasteiger partial charge in [-0.05, 0) is 49.9 Å². The third-order valence-corrected chi connectivity index (χ3v) is 6.11. The second-order valence-corrected chi connectivity index (χ2v) is 6.63. The summed E-state index contributed by atoms with van der Waals surface area (Å²) >= 11 is 0. The highest BCUT2D eigenvalue weighted by atomic mass is 16.5. The highest BCUT2D eigenvalue weighted by molar-refractivity contribution is 5.47. The molecule has 5 atom stereocenters. The van der Waals surface area contributed by atoms with E-state index < -0.39 is 0 Å². The van der Waals surface area contributed by atoms with Gasteiger partial charge in [0.15, 0.2) is 11.5 Å². The Morgan fingerprint density at radius 3 is 2.55 bits per heavy atom. The summed E-state index contributed by atoms with van der Waals surface area (Å²) in [7, 11) is 5.36. The van der Waals surface area contributed by atoms with E-state index >= 15 is 0 Å². The third kappa shape index (κ3) is 1.97. The van der Waals surface area contributed by atoms with Gasteiger partial charge in [0, 0.05) is 17.4 Å². The first-order chi connectivity index (χ1) is 10.6. The van der Waals surface area contributed by atoms with Crippen LogP contribution in [0.1, 0.15) is 31.7 Å². The minimum absolute atomic E-state index is 0.0677. The summed E-state index contributed by atoms with van der Waals surface area (Å²) in [5.41, 5.74) is 1.37. The molecule has 2 saturated carbocycles. The highest BCUT2D eigenvalue weighted by Crippen LogP contribution is 2.59. The van der Waals surface area contributed by atoms with Crippen molar-refractivity contribution in [3.05, 3.63) is 23.8 Å². The first-order valence-corrected chi connectivity index (χ1v) is 8.20. The summed E-state index contributed by atoms with van der Waals surface area (Å²) in [6.07, 6.45) is 2.91. The number of ether oxygens (including phenoxy) is 2. The summed E-state index contributed by atoms with van der Waals surface area (Å²) in [4.78, 5) is 0. The van der Waals surface area contributed by atoms with Crippen molar-refractivity contribution >= 4 is 0 Å². The van der Waals surface area contributed by atoms with Gasteiger partial charge in [0.05, 0.1) is 20.3 Å². The van der Waals surface area contributed by atoms with Gasteiger partial charge in [0.2, 0.25) is 0 Å². The lowest BCUT2D eigenvalue weighted by Crippen LogP contribution is -2.54. The molecule has 0 radical (unpaired) electrons. The molecule has 1 aromatic rings. The van der Waals surface area contributed by atoms with Gasteiger partial charge in [0.1, 0.15) is 0 Å². The van der Waals surface area contributed by atoms with Crippen molar-refractivity contribution in [2.75, 3.05) is 21.3 Å². The average molecular weight is 305 g/mol. The molecule has 22 heavy (non-hydrogen) atoms. The second kappa shape index (κ2) is 5.74. The SMILES string of the molecule is CC[C@@]1(c2ccc(OC)c(OC)c2)C(NC)C2C[C@@H]1CC2O. The van der Waals surface area contributed by atoms with Crippen LogP contribution in [0.5, 0.6) is 11.5 Å². The molecule has 2 aliphatic carbocycles. The van der Waals surface area contributed by atoms with Crippen LogP contribution in [0.25, 0.3) is 0 Å². The topological polar surface area (TPSA) is 50.7 Å². The fraction of sp³-hybridized carbons (Fsp3) is 0.667. The van der Waals surface area contributed by atoms with Crippen LogP contribution in [0.4, 0.5) is 0 Å². The van der Waals surface area contributed by atoms with Crippen LogP contribution in [-0.4, -0.2) is 38.5 Å². The lowest BCUT2D eigenvalue weighted by molar-refractivity contribution is 0.0552. The Kier molecular flexibility index (Phi) is 4.08. The quantitative estimate of drug-likeness (QED) is 0.877. The van der Waals surface area contributed by atoms with E-state index in [1.165, 1.54) is 5.56 Å². The zero-order chi connectivity index (χ0) is 15.9. The maximum atomic E-state index is 10.3. The molecule has 4 nitrogen and oxygen atoms in total. The Morgan fingerprint density at radius 1 is 1.23 bits per heavy atom. The van der Waals surface area contributed by atoms with E-state index in [2.05, 4.69) is 24.4 Å². The maximum absolute atomic E-state index is 10.3. The smallest absolute Gasteiger partial charge is 0.161 e. The molecule has 0 heterocycles. The van der Waals surface area contributed by atoms with E-state index in [9.17, 15) is 5.11 Å². The number of aliphatic hydroxyl groups is 1. The molecule has 2 aliphatic rings. The van der Waals surface area contributed by atoms with E-state index in [0.717, 1.165) is 30.8 Å². The van der Waals surface area contributed by atoms with Crippen molar-refractivity contribution in [2.45, 2.75) is 43.7 Å². The van der Waals surface area contributed by atoms with E-state index in [0.29, 0.717) is 17.9 Å². The zero-order valence-electron chi connectivity index (χ0n) is 13.9. The number of nitrogens with one attached hydrogen (secondary N) is 1. The van der Waals surface area contributed by atoms with E-state index in [1.807, 2.05) is 13.1 Å². The van der Waals surface area contributed by atoms with Crippen LogP contribution in [0, 0.1) is 11.8 Å². The Labute approximate surface area is 132 Å². The Bertz CT molecular complexity index is 547. The molecule has 0 amide bonds. The van der Waals surface area contributed by atoms with E-state index in [1.54, 1.807) is 14.2 Å². The van der Waals surface area contributed by atoms with Crippen LogP contribution in [0.15, 0.2) is 18.2 Å².